The fraction of sp³-hybridized carbons (Fsp3) is 0. The SMILES string of the molecule is c1ccc(C2=NNOO2)nc1. The number of nitrogens with zero attached hydrogens (tertiary/aromatic N) is 2. The molecule has 0 aliphatic carbocycles. The highest BCUT2D eigenvalue weighted by molar-refractivity contribution is 5.91. The van der Waals surface area contributed by atoms with Crippen molar-refractivity contribution in [3.05, 3.63) is 30.1 Å². The molecule has 0 amide bonds. The second-order valence-electron chi connectivity index (χ2n) is 1.89. The van der Waals surface area contributed by atoms with Crippen molar-refractivity contribution in [2.75, 3.05) is 0 Å². The second kappa shape index (κ2) is 2.55. The van der Waals surface area contributed by atoms with Crippen LogP contribution >= 0.6 is 0 Å². The number of nitrogens with one attached hydrogen (secondary N) is 1. The van der Waals surface area contributed by atoms with Crippen LogP contribution in [0.25, 0.3) is 0 Å². The molecule has 0 unspecified atom stereocenters. The van der Waals surface area contributed by atoms with E-state index in [2.05, 4.69) is 25.6 Å². The zero-order valence-electron chi connectivity index (χ0n) is 5.52. The van der Waals surface area contributed by atoms with Crippen molar-refractivity contribution in [3.63, 3.8) is 0 Å². The van der Waals surface area contributed by atoms with Gasteiger partial charge in [0.2, 0.25) is 0 Å². The minimum atomic E-state index is 0.339. The lowest BCUT2D eigenvalue weighted by Gasteiger charge is -1.93. The first kappa shape index (κ1) is 6.11. The van der Waals surface area contributed by atoms with Crippen LogP contribution in [0.1, 0.15) is 5.69 Å². The van der Waals surface area contributed by atoms with Gasteiger partial charge < -0.3 is 0 Å². The zero-order chi connectivity index (χ0) is 7.52. The highest BCUT2D eigenvalue weighted by atomic mass is 17.3. The summed E-state index contributed by atoms with van der Waals surface area (Å²) in [5.74, 6) is 0.339. The van der Waals surface area contributed by atoms with Crippen molar-refractivity contribution in [2.45, 2.75) is 0 Å². The van der Waals surface area contributed by atoms with Gasteiger partial charge in [-0.1, -0.05) is 6.07 Å². The van der Waals surface area contributed by atoms with Crippen molar-refractivity contribution < 1.29 is 9.88 Å². The van der Waals surface area contributed by atoms with Crippen LogP contribution in [0.15, 0.2) is 29.5 Å². The summed E-state index contributed by atoms with van der Waals surface area (Å²) in [6.07, 6.45) is 1.65. The van der Waals surface area contributed by atoms with Gasteiger partial charge in [-0.05, 0) is 17.1 Å². The van der Waals surface area contributed by atoms with Gasteiger partial charge in [-0.2, -0.15) is 0 Å². The van der Waals surface area contributed by atoms with Gasteiger partial charge in [0.25, 0.3) is 0 Å². The van der Waals surface area contributed by atoms with E-state index in [1.54, 1.807) is 12.3 Å². The molecule has 0 atom stereocenters. The molecule has 0 saturated heterocycles. The largest absolute Gasteiger partial charge is 0.303 e. The summed E-state index contributed by atoms with van der Waals surface area (Å²) in [5.41, 5.74) is 2.83. The Labute approximate surface area is 62.5 Å². The summed E-state index contributed by atoms with van der Waals surface area (Å²) in [5, 5.41) is 3.67. The molecule has 0 spiro atoms. The first-order valence-electron chi connectivity index (χ1n) is 3.04. The van der Waals surface area contributed by atoms with Crippen molar-refractivity contribution in [1.82, 2.24) is 10.6 Å². The fourth-order valence-electron chi connectivity index (χ4n) is 0.726. The number of hydrogen-bond donors (Lipinski definition) is 1. The summed E-state index contributed by atoms with van der Waals surface area (Å²) in [6.45, 7) is 0. The molecule has 1 N–H and O–H groups in total. The summed E-state index contributed by atoms with van der Waals surface area (Å²) in [4.78, 5) is 12.9. The third-order valence-corrected chi connectivity index (χ3v) is 1.19. The predicted octanol–water partition coefficient (Wildman–Crippen LogP) is 0.210. The van der Waals surface area contributed by atoms with Gasteiger partial charge in [0.15, 0.2) is 0 Å². The van der Waals surface area contributed by atoms with Crippen LogP contribution in [0, 0.1) is 0 Å². The van der Waals surface area contributed by atoms with E-state index in [1.165, 1.54) is 0 Å². The minimum Gasteiger partial charge on any atom is -0.288 e. The van der Waals surface area contributed by atoms with Crippen molar-refractivity contribution in [3.8, 4) is 0 Å². The molecule has 0 fully saturated rings. The van der Waals surface area contributed by atoms with E-state index in [9.17, 15) is 0 Å². The molecule has 0 saturated carbocycles. The molecule has 0 radical (unpaired) electrons. The molecule has 1 aliphatic rings. The molecule has 1 aromatic heterocycles. The monoisotopic (exact) mass is 151 g/mol. The van der Waals surface area contributed by atoms with E-state index < -0.39 is 0 Å². The Morgan fingerprint density at radius 3 is 3.00 bits per heavy atom. The molecule has 2 rings (SSSR count). The van der Waals surface area contributed by atoms with E-state index in [-0.39, 0.29) is 0 Å². The van der Waals surface area contributed by atoms with Crippen LogP contribution in [0.4, 0.5) is 0 Å². The summed E-state index contributed by atoms with van der Waals surface area (Å²) >= 11 is 0. The third kappa shape index (κ3) is 1.13. The maximum atomic E-state index is 4.62. The predicted molar refractivity (Wildman–Crippen MR) is 36.1 cm³/mol. The quantitative estimate of drug-likeness (QED) is 0.583. The van der Waals surface area contributed by atoms with E-state index in [1.807, 2.05) is 12.1 Å². The van der Waals surface area contributed by atoms with E-state index in [0.29, 0.717) is 11.6 Å². The van der Waals surface area contributed by atoms with Crippen LogP contribution in [-0.2, 0) is 9.88 Å². The highest BCUT2D eigenvalue weighted by Gasteiger charge is 2.11. The molecule has 11 heavy (non-hydrogen) atoms. The Balaban J connectivity index is 2.29. The van der Waals surface area contributed by atoms with Gasteiger partial charge in [0.1, 0.15) is 5.69 Å². The summed E-state index contributed by atoms with van der Waals surface area (Å²) in [7, 11) is 0. The fourth-order valence-corrected chi connectivity index (χ4v) is 0.726. The van der Waals surface area contributed by atoms with Crippen LogP contribution in [0.2, 0.25) is 0 Å². The van der Waals surface area contributed by atoms with Crippen molar-refractivity contribution in [1.29, 1.82) is 0 Å². The number of pyridine rings is 1. The van der Waals surface area contributed by atoms with Gasteiger partial charge in [-0.25, -0.2) is 0 Å². The maximum absolute atomic E-state index is 4.62. The topological polar surface area (TPSA) is 55.7 Å². The molecule has 2 heterocycles. The molecule has 0 aromatic carbocycles. The van der Waals surface area contributed by atoms with Gasteiger partial charge in [-0.15, -0.1) is 10.7 Å². The number of rotatable bonds is 1. The van der Waals surface area contributed by atoms with Crippen LogP contribution in [-0.4, -0.2) is 10.9 Å². The van der Waals surface area contributed by atoms with Crippen LogP contribution in [0.3, 0.4) is 0 Å². The van der Waals surface area contributed by atoms with E-state index in [4.69, 9.17) is 0 Å². The second-order valence-corrected chi connectivity index (χ2v) is 1.89. The van der Waals surface area contributed by atoms with Gasteiger partial charge in [-0.3, -0.25) is 9.87 Å². The summed E-state index contributed by atoms with van der Waals surface area (Å²) in [6, 6.07) is 5.43. The molecule has 5 heteroatoms. The van der Waals surface area contributed by atoms with Gasteiger partial charge >= 0.3 is 5.90 Å². The third-order valence-electron chi connectivity index (χ3n) is 1.19. The Morgan fingerprint density at radius 1 is 1.36 bits per heavy atom. The molecular weight excluding hydrogens is 146 g/mol. The van der Waals surface area contributed by atoms with E-state index >= 15 is 0 Å². The number of hydrazone groups is 1. The minimum absolute atomic E-state index is 0.339. The number of hydrogen-bond acceptors (Lipinski definition) is 5. The molecule has 1 aromatic rings. The maximum Gasteiger partial charge on any atom is 0.303 e. The Bertz CT molecular complexity index is 272. The molecule has 1 aliphatic heterocycles. The van der Waals surface area contributed by atoms with Crippen molar-refractivity contribution >= 4 is 5.90 Å². The molecule has 5 nitrogen and oxygen atoms in total. The molecular formula is C6H5N3O2. The highest BCUT2D eigenvalue weighted by Crippen LogP contribution is 2.01. The lowest BCUT2D eigenvalue weighted by Crippen LogP contribution is -2.01. The normalized spacial score (nSPS) is 15.1. The molecule has 56 valence electrons. The van der Waals surface area contributed by atoms with Crippen molar-refractivity contribution in [2.24, 2.45) is 5.10 Å². The Morgan fingerprint density at radius 2 is 2.36 bits per heavy atom. The Kier molecular flexibility index (Phi) is 1.42. The van der Waals surface area contributed by atoms with Crippen LogP contribution in [0.5, 0.6) is 0 Å². The molecule has 0 bridgehead atoms. The van der Waals surface area contributed by atoms with E-state index in [0.717, 1.165) is 0 Å². The average Bonchev–Trinajstić information content (AvgIpc) is 2.58. The standard InChI is InChI=1S/C6H5N3O2/c1-2-4-7-5(3-1)6-8-9-11-10-6/h1-4,9H. The van der Waals surface area contributed by atoms with Crippen LogP contribution < -0.4 is 5.59 Å². The average molecular weight is 151 g/mol. The Hall–Kier alpha value is -1.62. The first-order chi connectivity index (χ1) is 5.47. The van der Waals surface area contributed by atoms with Gasteiger partial charge in [0.05, 0.1) is 0 Å². The zero-order valence-corrected chi connectivity index (χ0v) is 5.52. The number of aromatic nitrogens is 1. The summed E-state index contributed by atoms with van der Waals surface area (Å²) < 4.78 is 0. The smallest absolute Gasteiger partial charge is 0.288 e. The lowest BCUT2D eigenvalue weighted by atomic mass is 10.3. The first-order valence-corrected chi connectivity index (χ1v) is 3.04. The lowest BCUT2D eigenvalue weighted by molar-refractivity contribution is -0.249. The van der Waals surface area contributed by atoms with Gasteiger partial charge in [0, 0.05) is 6.20 Å².